The van der Waals surface area contributed by atoms with Crippen LogP contribution >= 0.6 is 23.4 Å². The van der Waals surface area contributed by atoms with Crippen molar-refractivity contribution in [3.63, 3.8) is 0 Å². The smallest absolute Gasteiger partial charge is 0.408 e. The number of carbonyl (C=O) groups is 3. The predicted octanol–water partition coefficient (Wildman–Crippen LogP) is 5.36. The molecule has 10 heteroatoms. The molecule has 3 N–H and O–H groups in total. The van der Waals surface area contributed by atoms with Crippen LogP contribution in [0, 0.1) is 6.92 Å². The van der Waals surface area contributed by atoms with Gasteiger partial charge >= 0.3 is 6.09 Å². The topological polar surface area (TPSA) is 108 Å². The largest absolute Gasteiger partial charge is 0.444 e. The number of benzene rings is 2. The number of thioether (sulfide) groups is 1. The minimum atomic E-state index is -1.09. The average Bonchev–Trinajstić information content (AvgIpc) is 2.87. The third-order valence-electron chi connectivity index (χ3n) is 5.96. The van der Waals surface area contributed by atoms with Gasteiger partial charge in [-0.25, -0.2) is 4.79 Å². The predicted molar refractivity (Wildman–Crippen MR) is 158 cm³/mol. The van der Waals surface area contributed by atoms with Crippen molar-refractivity contribution in [3.8, 4) is 0 Å². The number of rotatable bonds is 12. The molecule has 0 saturated heterocycles. The first-order chi connectivity index (χ1) is 18.4. The number of aliphatic hydroxyl groups excluding tert-OH is 1. The van der Waals surface area contributed by atoms with Gasteiger partial charge in [-0.1, -0.05) is 54.9 Å². The van der Waals surface area contributed by atoms with E-state index in [1.54, 1.807) is 45.0 Å². The molecule has 0 heterocycles. The zero-order valence-electron chi connectivity index (χ0n) is 23.5. The highest BCUT2D eigenvalue weighted by molar-refractivity contribution is 7.98. The van der Waals surface area contributed by atoms with Gasteiger partial charge < -0.3 is 25.4 Å². The van der Waals surface area contributed by atoms with E-state index in [9.17, 15) is 19.5 Å². The quantitative estimate of drug-likeness (QED) is 0.313. The number of halogens is 1. The Morgan fingerprint density at radius 3 is 2.33 bits per heavy atom. The number of ether oxygens (including phenoxy) is 1. The minimum Gasteiger partial charge on any atom is -0.444 e. The molecule has 0 radical (unpaired) electrons. The van der Waals surface area contributed by atoms with Crippen molar-refractivity contribution in [2.75, 3.05) is 30.5 Å². The Morgan fingerprint density at radius 2 is 1.79 bits per heavy atom. The molecule has 0 aromatic heterocycles. The molecule has 0 saturated carbocycles. The van der Waals surface area contributed by atoms with Crippen molar-refractivity contribution >= 4 is 47.0 Å². The van der Waals surface area contributed by atoms with Gasteiger partial charge in [-0.05, 0) is 75.3 Å². The summed E-state index contributed by atoms with van der Waals surface area (Å²) in [4.78, 5) is 41.8. The molecule has 0 bridgehead atoms. The maximum atomic E-state index is 14.0. The lowest BCUT2D eigenvalue weighted by Gasteiger charge is -2.34. The van der Waals surface area contributed by atoms with Crippen LogP contribution in [0.1, 0.15) is 56.8 Å². The Labute approximate surface area is 240 Å². The Balaban J connectivity index is 2.53. The van der Waals surface area contributed by atoms with Gasteiger partial charge in [-0.15, -0.1) is 0 Å². The van der Waals surface area contributed by atoms with Gasteiger partial charge in [-0.2, -0.15) is 11.8 Å². The Bertz CT molecular complexity index is 1100. The van der Waals surface area contributed by atoms with Crippen molar-refractivity contribution in [1.29, 1.82) is 0 Å². The van der Waals surface area contributed by atoms with Crippen molar-refractivity contribution in [2.24, 2.45) is 0 Å². The normalized spacial score (nSPS) is 12.8. The van der Waals surface area contributed by atoms with E-state index in [2.05, 4.69) is 10.6 Å². The van der Waals surface area contributed by atoms with Gasteiger partial charge in [0.2, 0.25) is 5.91 Å². The van der Waals surface area contributed by atoms with Crippen LogP contribution in [0.15, 0.2) is 42.5 Å². The van der Waals surface area contributed by atoms with Gasteiger partial charge in [0.25, 0.3) is 5.91 Å². The molecule has 2 atom stereocenters. The third-order valence-corrected chi connectivity index (χ3v) is 6.92. The number of para-hydroxylation sites is 1. The standard InChI is InChI=1S/C29H40ClN3O5S/c1-7-20-11-13-21(14-12-20)25(26(35)32-24-19(2)9-8-10-22(24)30)33(16-17-34)27(36)23(15-18-39-6)31-28(37)38-29(3,4)5/h8-14,23,25,34H,7,15-18H2,1-6H3,(H,31,37)(H,32,35). The SMILES string of the molecule is CCc1ccc(C(C(=O)Nc2c(C)cccc2Cl)N(CCO)C(=O)C(CCSC)NC(=O)OC(C)(C)C)cc1. The molecule has 2 unspecified atom stereocenters. The summed E-state index contributed by atoms with van der Waals surface area (Å²) in [5.41, 5.74) is 2.10. The van der Waals surface area contributed by atoms with Crippen molar-refractivity contribution in [1.82, 2.24) is 10.2 Å². The summed E-state index contributed by atoms with van der Waals surface area (Å²) in [5.74, 6) is -0.405. The number of alkyl carbamates (subject to hydrolysis) is 1. The second-order valence-electron chi connectivity index (χ2n) is 10.2. The molecule has 0 aliphatic heterocycles. The minimum absolute atomic E-state index is 0.125. The number of anilines is 1. The summed E-state index contributed by atoms with van der Waals surface area (Å²) in [6.07, 6.45) is 2.29. The lowest BCUT2D eigenvalue weighted by atomic mass is 10.00. The number of aliphatic hydroxyl groups is 1. The molecule has 2 aromatic carbocycles. The number of nitrogens with zero attached hydrogens (tertiary/aromatic N) is 1. The van der Waals surface area contributed by atoms with Crippen LogP contribution < -0.4 is 10.6 Å². The van der Waals surface area contributed by atoms with E-state index in [1.807, 2.05) is 38.3 Å². The van der Waals surface area contributed by atoms with Gasteiger partial charge in [0, 0.05) is 6.54 Å². The second-order valence-corrected chi connectivity index (χ2v) is 11.5. The summed E-state index contributed by atoms with van der Waals surface area (Å²) in [6, 6.07) is 10.6. The lowest BCUT2D eigenvalue weighted by molar-refractivity contribution is -0.141. The summed E-state index contributed by atoms with van der Waals surface area (Å²) in [6.45, 7) is 8.56. The average molecular weight is 578 g/mol. The fourth-order valence-corrected chi connectivity index (χ4v) is 4.75. The van der Waals surface area contributed by atoms with E-state index in [0.717, 1.165) is 17.5 Å². The second kappa shape index (κ2) is 15.1. The van der Waals surface area contributed by atoms with Crippen molar-refractivity contribution in [3.05, 3.63) is 64.2 Å². The third kappa shape index (κ3) is 9.74. The highest BCUT2D eigenvalue weighted by atomic mass is 35.5. The highest BCUT2D eigenvalue weighted by Crippen LogP contribution is 2.29. The zero-order valence-corrected chi connectivity index (χ0v) is 25.1. The number of hydrogen-bond donors (Lipinski definition) is 3. The van der Waals surface area contributed by atoms with Gasteiger partial charge in [-0.3, -0.25) is 9.59 Å². The number of hydrogen-bond acceptors (Lipinski definition) is 6. The van der Waals surface area contributed by atoms with E-state index in [4.69, 9.17) is 16.3 Å². The monoisotopic (exact) mass is 577 g/mol. The molecular formula is C29H40ClN3O5S. The molecule has 3 amide bonds. The van der Waals surface area contributed by atoms with Crippen LogP contribution in [-0.2, 0) is 20.7 Å². The molecular weight excluding hydrogens is 538 g/mol. The molecule has 214 valence electrons. The molecule has 0 spiro atoms. The van der Waals surface area contributed by atoms with Gasteiger partial charge in [0.15, 0.2) is 0 Å². The number of aryl methyl sites for hydroxylation is 2. The molecule has 0 fully saturated rings. The fraction of sp³-hybridized carbons (Fsp3) is 0.483. The Hall–Kier alpha value is -2.75. The van der Waals surface area contributed by atoms with E-state index < -0.39 is 35.6 Å². The van der Waals surface area contributed by atoms with E-state index in [1.165, 1.54) is 16.7 Å². The molecule has 8 nitrogen and oxygen atoms in total. The highest BCUT2D eigenvalue weighted by Gasteiger charge is 2.36. The maximum absolute atomic E-state index is 14.0. The van der Waals surface area contributed by atoms with Crippen LogP contribution in [0.3, 0.4) is 0 Å². The van der Waals surface area contributed by atoms with Crippen LogP contribution in [0.25, 0.3) is 0 Å². The van der Waals surface area contributed by atoms with Crippen LogP contribution in [-0.4, -0.2) is 64.7 Å². The summed E-state index contributed by atoms with van der Waals surface area (Å²) >= 11 is 7.91. The van der Waals surface area contributed by atoms with E-state index >= 15 is 0 Å². The van der Waals surface area contributed by atoms with Crippen molar-refractivity contribution in [2.45, 2.75) is 65.1 Å². The molecule has 2 rings (SSSR count). The fourth-order valence-electron chi connectivity index (χ4n) is 4.01. The molecule has 2 aromatic rings. The first kappa shape index (κ1) is 32.5. The molecule has 0 aliphatic rings. The van der Waals surface area contributed by atoms with Crippen LogP contribution in [0.2, 0.25) is 5.02 Å². The van der Waals surface area contributed by atoms with Crippen LogP contribution in [0.5, 0.6) is 0 Å². The van der Waals surface area contributed by atoms with Gasteiger partial charge in [0.05, 0.1) is 17.3 Å². The molecule has 0 aliphatic carbocycles. The van der Waals surface area contributed by atoms with E-state index in [0.29, 0.717) is 28.4 Å². The number of carbonyl (C=O) groups excluding carboxylic acids is 3. The van der Waals surface area contributed by atoms with E-state index in [-0.39, 0.29) is 13.2 Å². The number of amides is 3. The number of nitrogens with one attached hydrogen (secondary N) is 2. The Kier molecular flexibility index (Phi) is 12.6. The van der Waals surface area contributed by atoms with Crippen molar-refractivity contribution < 1.29 is 24.2 Å². The van der Waals surface area contributed by atoms with Crippen LogP contribution in [0.4, 0.5) is 10.5 Å². The summed E-state index contributed by atoms with van der Waals surface area (Å²) < 4.78 is 5.39. The molecule has 39 heavy (non-hydrogen) atoms. The maximum Gasteiger partial charge on any atom is 0.408 e. The first-order valence-electron chi connectivity index (χ1n) is 13.0. The lowest BCUT2D eigenvalue weighted by Crippen LogP contribution is -2.53. The first-order valence-corrected chi connectivity index (χ1v) is 14.7. The zero-order chi connectivity index (χ0) is 29.2. The van der Waals surface area contributed by atoms with Gasteiger partial charge in [0.1, 0.15) is 17.7 Å². The Morgan fingerprint density at radius 1 is 1.13 bits per heavy atom. The summed E-state index contributed by atoms with van der Waals surface area (Å²) in [7, 11) is 0. The summed E-state index contributed by atoms with van der Waals surface area (Å²) in [5, 5.41) is 15.9.